The third-order valence-corrected chi connectivity index (χ3v) is 2.53. The van der Waals surface area contributed by atoms with Crippen molar-refractivity contribution >= 4 is 11.7 Å². The van der Waals surface area contributed by atoms with Gasteiger partial charge in [-0.2, -0.15) is 0 Å². The van der Waals surface area contributed by atoms with Crippen LogP contribution in [0.5, 0.6) is 5.75 Å². The van der Waals surface area contributed by atoms with E-state index in [1.165, 1.54) is 0 Å². The molecule has 2 aromatic rings. The van der Waals surface area contributed by atoms with Gasteiger partial charge in [0, 0.05) is 5.56 Å². The zero-order valence-electron chi connectivity index (χ0n) is 10.8. The molecule has 0 aliphatic heterocycles. The smallest absolute Gasteiger partial charge is 0.257 e. The Labute approximate surface area is 110 Å². The van der Waals surface area contributed by atoms with Gasteiger partial charge >= 0.3 is 0 Å². The topological polar surface area (TPSA) is 77.2 Å². The summed E-state index contributed by atoms with van der Waals surface area (Å²) in [7, 11) is 0. The summed E-state index contributed by atoms with van der Waals surface area (Å²) in [6, 6.07) is 6.95. The van der Waals surface area contributed by atoms with Crippen molar-refractivity contribution < 1.29 is 14.2 Å². The molecule has 6 heteroatoms. The maximum Gasteiger partial charge on any atom is 0.257 e. The largest absolute Gasteiger partial charge is 0.494 e. The molecule has 1 N–H and O–H groups in total. The highest BCUT2D eigenvalue weighted by Gasteiger charge is 2.13. The van der Waals surface area contributed by atoms with Crippen LogP contribution < -0.4 is 10.1 Å². The number of aromatic nitrogens is 2. The highest BCUT2D eigenvalue weighted by molar-refractivity contribution is 6.04. The maximum absolute atomic E-state index is 12.1. The van der Waals surface area contributed by atoms with Gasteiger partial charge in [-0.3, -0.25) is 4.79 Å². The first-order chi connectivity index (χ1) is 9.24. The summed E-state index contributed by atoms with van der Waals surface area (Å²) < 4.78 is 9.95. The molecule has 6 nitrogen and oxygen atoms in total. The lowest BCUT2D eigenvalue weighted by atomic mass is 10.2. The van der Waals surface area contributed by atoms with Crippen LogP contribution >= 0.6 is 0 Å². The second kappa shape index (κ2) is 5.99. The van der Waals surface area contributed by atoms with Crippen LogP contribution in [0.15, 0.2) is 28.9 Å². The number of nitrogens with zero attached hydrogens (tertiary/aromatic N) is 2. The first kappa shape index (κ1) is 13.1. The number of hydrogen-bond acceptors (Lipinski definition) is 5. The molecule has 0 atom stereocenters. The zero-order chi connectivity index (χ0) is 13.7. The minimum absolute atomic E-state index is 0.271. The Balaban J connectivity index is 2.13. The molecule has 19 heavy (non-hydrogen) atoms. The van der Waals surface area contributed by atoms with E-state index in [0.717, 1.165) is 0 Å². The number of ether oxygens (including phenoxy) is 1. The van der Waals surface area contributed by atoms with Crippen LogP contribution in [0.4, 0.5) is 5.82 Å². The second-order valence-corrected chi connectivity index (χ2v) is 3.83. The average Bonchev–Trinajstić information content (AvgIpc) is 2.86. The van der Waals surface area contributed by atoms with Gasteiger partial charge in [0.2, 0.25) is 5.82 Å². The predicted molar refractivity (Wildman–Crippen MR) is 69.2 cm³/mol. The molecule has 0 aliphatic carbocycles. The van der Waals surface area contributed by atoms with Gasteiger partial charge in [0.15, 0.2) is 0 Å². The van der Waals surface area contributed by atoms with E-state index in [1.807, 2.05) is 13.8 Å². The number of nitrogens with one attached hydrogen (secondary N) is 1. The van der Waals surface area contributed by atoms with Gasteiger partial charge in [0.25, 0.3) is 5.91 Å². The monoisotopic (exact) mass is 261 g/mol. The van der Waals surface area contributed by atoms with Crippen LogP contribution in [-0.4, -0.2) is 22.8 Å². The summed E-state index contributed by atoms with van der Waals surface area (Å²) in [6.07, 6.45) is 0.637. The van der Waals surface area contributed by atoms with E-state index in [9.17, 15) is 4.79 Å². The van der Waals surface area contributed by atoms with E-state index in [0.29, 0.717) is 35.9 Å². The van der Waals surface area contributed by atoms with Crippen LogP contribution in [-0.2, 0) is 6.42 Å². The standard InChI is InChI=1S/C13H15N3O3/c1-3-11-12(16-19-15-11)14-13(17)9-6-5-7-10(8-9)18-4-2/h5-8H,3-4H2,1-2H3,(H,14,16,17). The van der Waals surface area contributed by atoms with Crippen molar-refractivity contribution in [3.8, 4) is 5.75 Å². The van der Waals surface area contributed by atoms with Crippen molar-refractivity contribution in [3.63, 3.8) is 0 Å². The van der Waals surface area contributed by atoms with E-state index in [1.54, 1.807) is 24.3 Å². The van der Waals surface area contributed by atoms with E-state index in [-0.39, 0.29) is 5.91 Å². The Morgan fingerprint density at radius 1 is 1.37 bits per heavy atom. The summed E-state index contributed by atoms with van der Waals surface area (Å²) >= 11 is 0. The van der Waals surface area contributed by atoms with Crippen molar-refractivity contribution in [3.05, 3.63) is 35.5 Å². The third-order valence-electron chi connectivity index (χ3n) is 2.53. The summed E-state index contributed by atoms with van der Waals surface area (Å²) in [5, 5.41) is 10.0. The van der Waals surface area contributed by atoms with Crippen LogP contribution in [0.3, 0.4) is 0 Å². The molecule has 0 bridgehead atoms. The fraction of sp³-hybridized carbons (Fsp3) is 0.308. The summed E-state index contributed by atoms with van der Waals surface area (Å²) in [5.74, 6) is 0.741. The highest BCUT2D eigenvalue weighted by atomic mass is 16.6. The molecule has 1 heterocycles. The molecule has 0 radical (unpaired) electrons. The molecule has 1 amide bonds. The molecular weight excluding hydrogens is 246 g/mol. The lowest BCUT2D eigenvalue weighted by Gasteiger charge is -2.06. The van der Waals surface area contributed by atoms with Crippen LogP contribution in [0, 0.1) is 0 Å². The minimum Gasteiger partial charge on any atom is -0.494 e. The van der Waals surface area contributed by atoms with Crippen LogP contribution in [0.2, 0.25) is 0 Å². The van der Waals surface area contributed by atoms with Crippen LogP contribution in [0.25, 0.3) is 0 Å². The van der Waals surface area contributed by atoms with Crippen molar-refractivity contribution in [1.82, 2.24) is 10.3 Å². The second-order valence-electron chi connectivity index (χ2n) is 3.83. The molecular formula is C13H15N3O3. The Hall–Kier alpha value is -2.37. The Kier molecular flexibility index (Phi) is 4.12. The van der Waals surface area contributed by atoms with Gasteiger partial charge in [0.05, 0.1) is 6.61 Å². The molecule has 0 fully saturated rings. The number of carbonyl (C=O) groups excluding carboxylic acids is 1. The molecule has 1 aromatic carbocycles. The number of aryl methyl sites for hydroxylation is 1. The van der Waals surface area contributed by atoms with Gasteiger partial charge in [-0.05, 0) is 36.7 Å². The molecule has 0 spiro atoms. The quantitative estimate of drug-likeness (QED) is 0.893. The minimum atomic E-state index is -0.271. The van der Waals surface area contributed by atoms with Gasteiger partial charge < -0.3 is 10.1 Å². The summed E-state index contributed by atoms with van der Waals surface area (Å²) in [6.45, 7) is 4.35. The fourth-order valence-corrected chi connectivity index (χ4v) is 1.61. The SMILES string of the molecule is CCOc1cccc(C(=O)Nc2nonc2CC)c1. The zero-order valence-corrected chi connectivity index (χ0v) is 10.8. The molecule has 0 aliphatic rings. The lowest BCUT2D eigenvalue weighted by Crippen LogP contribution is -2.13. The number of rotatable bonds is 5. The van der Waals surface area contributed by atoms with E-state index >= 15 is 0 Å². The number of amides is 1. The van der Waals surface area contributed by atoms with Crippen molar-refractivity contribution in [2.24, 2.45) is 0 Å². The number of anilines is 1. The molecule has 100 valence electrons. The Morgan fingerprint density at radius 3 is 2.95 bits per heavy atom. The van der Waals surface area contributed by atoms with E-state index in [4.69, 9.17) is 4.74 Å². The van der Waals surface area contributed by atoms with E-state index in [2.05, 4.69) is 20.3 Å². The molecule has 2 rings (SSSR count). The average molecular weight is 261 g/mol. The fourth-order valence-electron chi connectivity index (χ4n) is 1.61. The van der Waals surface area contributed by atoms with Gasteiger partial charge in [-0.1, -0.05) is 18.1 Å². The number of benzene rings is 1. The van der Waals surface area contributed by atoms with Crippen molar-refractivity contribution in [2.75, 3.05) is 11.9 Å². The number of carbonyl (C=O) groups is 1. The Morgan fingerprint density at radius 2 is 2.21 bits per heavy atom. The first-order valence-corrected chi connectivity index (χ1v) is 6.10. The summed E-state index contributed by atoms with van der Waals surface area (Å²) in [4.78, 5) is 12.1. The van der Waals surface area contributed by atoms with E-state index < -0.39 is 0 Å². The third kappa shape index (κ3) is 3.09. The highest BCUT2D eigenvalue weighted by Crippen LogP contribution is 2.16. The van der Waals surface area contributed by atoms with Gasteiger partial charge in [-0.15, -0.1) is 0 Å². The lowest BCUT2D eigenvalue weighted by molar-refractivity contribution is 0.102. The van der Waals surface area contributed by atoms with Crippen LogP contribution in [0.1, 0.15) is 29.9 Å². The Bertz CT molecular complexity index is 566. The van der Waals surface area contributed by atoms with Gasteiger partial charge in [-0.25, -0.2) is 4.63 Å². The normalized spacial score (nSPS) is 10.2. The summed E-state index contributed by atoms with van der Waals surface area (Å²) in [5.41, 5.74) is 1.12. The number of hydrogen-bond donors (Lipinski definition) is 1. The first-order valence-electron chi connectivity index (χ1n) is 6.10. The maximum atomic E-state index is 12.1. The molecule has 0 saturated carbocycles. The predicted octanol–water partition coefficient (Wildman–Crippen LogP) is 2.28. The molecule has 0 unspecified atom stereocenters. The van der Waals surface area contributed by atoms with Crippen molar-refractivity contribution in [2.45, 2.75) is 20.3 Å². The molecule has 1 aromatic heterocycles. The van der Waals surface area contributed by atoms with Crippen molar-refractivity contribution in [1.29, 1.82) is 0 Å². The van der Waals surface area contributed by atoms with Gasteiger partial charge in [0.1, 0.15) is 11.4 Å². The molecule has 0 saturated heterocycles.